The van der Waals surface area contributed by atoms with E-state index >= 15 is 0 Å². The van der Waals surface area contributed by atoms with Crippen LogP contribution < -0.4 is 5.73 Å². The predicted octanol–water partition coefficient (Wildman–Crippen LogP) is 2.05. The van der Waals surface area contributed by atoms with Crippen LogP contribution in [0.2, 0.25) is 0 Å². The van der Waals surface area contributed by atoms with E-state index in [-0.39, 0.29) is 10.9 Å². The Morgan fingerprint density at radius 1 is 1.39 bits per heavy atom. The Hall–Kier alpha value is -1.22. The van der Waals surface area contributed by atoms with Crippen LogP contribution in [0.4, 0.5) is 13.2 Å². The van der Waals surface area contributed by atoms with Crippen molar-refractivity contribution in [2.45, 2.75) is 31.9 Å². The standard InChI is InChI=1S/C9H12F3N5S/c1-2-3-5(4-13)6-16-17-7(9(10,11)12)14-15-8(17)18-6/h5H,2-4,13H2,1H3. The molecular formula is C9H12F3N5S. The van der Waals surface area contributed by atoms with Crippen LogP contribution >= 0.6 is 11.3 Å². The smallest absolute Gasteiger partial charge is 0.330 e. The van der Waals surface area contributed by atoms with Crippen LogP contribution in [0.1, 0.15) is 36.5 Å². The molecule has 0 aromatic carbocycles. The van der Waals surface area contributed by atoms with Gasteiger partial charge < -0.3 is 5.73 Å². The van der Waals surface area contributed by atoms with Crippen molar-refractivity contribution in [3.8, 4) is 0 Å². The summed E-state index contributed by atoms with van der Waals surface area (Å²) < 4.78 is 38.6. The van der Waals surface area contributed by atoms with Gasteiger partial charge >= 0.3 is 6.18 Å². The summed E-state index contributed by atoms with van der Waals surface area (Å²) in [5.41, 5.74) is 5.60. The summed E-state index contributed by atoms with van der Waals surface area (Å²) in [5.74, 6) is -1.12. The van der Waals surface area contributed by atoms with Gasteiger partial charge in [0.1, 0.15) is 5.01 Å². The molecule has 2 aromatic heterocycles. The molecule has 5 nitrogen and oxygen atoms in total. The molecule has 2 N–H and O–H groups in total. The van der Waals surface area contributed by atoms with E-state index in [0.29, 0.717) is 11.6 Å². The average molecular weight is 279 g/mol. The second kappa shape index (κ2) is 4.81. The Morgan fingerprint density at radius 2 is 2.11 bits per heavy atom. The van der Waals surface area contributed by atoms with Crippen molar-refractivity contribution in [2.24, 2.45) is 5.73 Å². The van der Waals surface area contributed by atoms with Crippen molar-refractivity contribution in [3.05, 3.63) is 10.8 Å². The first-order chi connectivity index (χ1) is 8.47. The maximum Gasteiger partial charge on any atom is 0.453 e. The second-order valence-electron chi connectivity index (χ2n) is 3.88. The van der Waals surface area contributed by atoms with Crippen molar-refractivity contribution in [1.29, 1.82) is 0 Å². The fourth-order valence-corrected chi connectivity index (χ4v) is 2.65. The van der Waals surface area contributed by atoms with Crippen molar-refractivity contribution < 1.29 is 13.2 Å². The first-order valence-corrected chi connectivity index (χ1v) is 6.28. The zero-order valence-electron chi connectivity index (χ0n) is 9.61. The van der Waals surface area contributed by atoms with Gasteiger partial charge in [0.05, 0.1) is 0 Å². The SMILES string of the molecule is CCCC(CN)c1nn2c(C(F)(F)F)nnc2s1. The minimum absolute atomic E-state index is 0.0252. The third-order valence-corrected chi connectivity index (χ3v) is 3.59. The molecule has 0 amide bonds. The third kappa shape index (κ3) is 2.32. The van der Waals surface area contributed by atoms with E-state index in [0.717, 1.165) is 28.7 Å². The molecule has 0 aliphatic carbocycles. The lowest BCUT2D eigenvalue weighted by Crippen LogP contribution is -2.14. The van der Waals surface area contributed by atoms with Gasteiger partial charge in [0.25, 0.3) is 5.82 Å². The van der Waals surface area contributed by atoms with Crippen molar-refractivity contribution in [1.82, 2.24) is 19.8 Å². The Morgan fingerprint density at radius 3 is 2.67 bits per heavy atom. The van der Waals surface area contributed by atoms with Gasteiger partial charge in [-0.15, -0.1) is 10.2 Å². The Kier molecular flexibility index (Phi) is 3.53. The van der Waals surface area contributed by atoms with E-state index in [1.54, 1.807) is 0 Å². The molecule has 0 aliphatic heterocycles. The fourth-order valence-electron chi connectivity index (χ4n) is 1.66. The lowest BCUT2D eigenvalue weighted by atomic mass is 10.1. The highest BCUT2D eigenvalue weighted by atomic mass is 32.1. The van der Waals surface area contributed by atoms with Gasteiger partial charge in [-0.05, 0) is 6.42 Å². The van der Waals surface area contributed by atoms with E-state index < -0.39 is 12.0 Å². The summed E-state index contributed by atoms with van der Waals surface area (Å²) in [7, 11) is 0. The molecule has 0 saturated heterocycles. The molecule has 9 heteroatoms. The molecule has 1 unspecified atom stereocenters. The zero-order valence-corrected chi connectivity index (χ0v) is 10.4. The van der Waals surface area contributed by atoms with Gasteiger partial charge in [-0.2, -0.15) is 22.8 Å². The van der Waals surface area contributed by atoms with E-state index in [9.17, 15) is 13.2 Å². The predicted molar refractivity (Wildman–Crippen MR) is 60.4 cm³/mol. The van der Waals surface area contributed by atoms with Crippen molar-refractivity contribution >= 4 is 16.3 Å². The molecule has 100 valence electrons. The van der Waals surface area contributed by atoms with Crippen LogP contribution in [0.5, 0.6) is 0 Å². The number of nitrogens with zero attached hydrogens (tertiary/aromatic N) is 4. The second-order valence-corrected chi connectivity index (χ2v) is 4.86. The summed E-state index contributed by atoms with van der Waals surface area (Å²) in [6.07, 6.45) is -2.86. The zero-order chi connectivity index (χ0) is 13.3. The van der Waals surface area contributed by atoms with Crippen LogP contribution in [0.3, 0.4) is 0 Å². The maximum absolute atomic E-state index is 12.6. The summed E-state index contributed by atoms with van der Waals surface area (Å²) in [6.45, 7) is 2.35. The molecule has 0 saturated carbocycles. The molecule has 0 spiro atoms. The maximum atomic E-state index is 12.6. The number of nitrogens with two attached hydrogens (primary N) is 1. The number of rotatable bonds is 4. The highest BCUT2D eigenvalue weighted by molar-refractivity contribution is 7.16. The summed E-state index contributed by atoms with van der Waals surface area (Å²) in [5, 5.41) is 11.1. The number of hydrogen-bond acceptors (Lipinski definition) is 5. The quantitative estimate of drug-likeness (QED) is 0.930. The van der Waals surface area contributed by atoms with Gasteiger partial charge in [0.2, 0.25) is 4.96 Å². The first-order valence-electron chi connectivity index (χ1n) is 5.46. The molecule has 1 atom stereocenters. The average Bonchev–Trinajstić information content (AvgIpc) is 2.82. The van der Waals surface area contributed by atoms with Crippen LogP contribution in [0.15, 0.2) is 0 Å². The summed E-state index contributed by atoms with van der Waals surface area (Å²) >= 11 is 1.11. The molecule has 0 bridgehead atoms. The van der Waals surface area contributed by atoms with E-state index in [2.05, 4.69) is 15.3 Å². The van der Waals surface area contributed by atoms with Gasteiger partial charge in [-0.1, -0.05) is 24.7 Å². The van der Waals surface area contributed by atoms with Crippen LogP contribution in [-0.4, -0.2) is 26.4 Å². The highest BCUT2D eigenvalue weighted by Gasteiger charge is 2.38. The van der Waals surface area contributed by atoms with E-state index in [1.807, 2.05) is 6.92 Å². The topological polar surface area (TPSA) is 69.1 Å². The number of aromatic nitrogens is 4. The molecular weight excluding hydrogens is 267 g/mol. The van der Waals surface area contributed by atoms with Crippen LogP contribution in [0.25, 0.3) is 4.96 Å². The van der Waals surface area contributed by atoms with Gasteiger partial charge in [0, 0.05) is 12.5 Å². The summed E-state index contributed by atoms with van der Waals surface area (Å²) in [4.78, 5) is 0.145. The Labute approximate surface area is 105 Å². The van der Waals surface area contributed by atoms with Gasteiger partial charge in [-0.25, -0.2) is 0 Å². The lowest BCUT2D eigenvalue weighted by molar-refractivity contribution is -0.146. The number of fused-ring (bicyclic) bond motifs is 1. The van der Waals surface area contributed by atoms with Crippen LogP contribution in [0, 0.1) is 0 Å². The van der Waals surface area contributed by atoms with Crippen molar-refractivity contribution in [2.75, 3.05) is 6.54 Å². The number of alkyl halides is 3. The van der Waals surface area contributed by atoms with E-state index in [4.69, 9.17) is 5.73 Å². The lowest BCUT2D eigenvalue weighted by Gasteiger charge is -2.08. The molecule has 2 heterocycles. The monoisotopic (exact) mass is 279 g/mol. The number of halogens is 3. The van der Waals surface area contributed by atoms with E-state index in [1.165, 1.54) is 0 Å². The molecule has 0 radical (unpaired) electrons. The molecule has 0 aliphatic rings. The van der Waals surface area contributed by atoms with Crippen LogP contribution in [-0.2, 0) is 6.18 Å². The highest BCUT2D eigenvalue weighted by Crippen LogP contribution is 2.31. The Bertz CT molecular complexity index is 532. The third-order valence-electron chi connectivity index (χ3n) is 2.53. The molecule has 18 heavy (non-hydrogen) atoms. The molecule has 2 rings (SSSR count). The normalized spacial score (nSPS) is 14.3. The van der Waals surface area contributed by atoms with Gasteiger partial charge in [-0.3, -0.25) is 0 Å². The minimum Gasteiger partial charge on any atom is -0.330 e. The largest absolute Gasteiger partial charge is 0.453 e. The summed E-state index contributed by atoms with van der Waals surface area (Å²) in [6, 6.07) is 0. The fraction of sp³-hybridized carbons (Fsp3) is 0.667. The number of hydrogen-bond donors (Lipinski definition) is 1. The molecule has 0 fully saturated rings. The van der Waals surface area contributed by atoms with Gasteiger partial charge in [0.15, 0.2) is 0 Å². The molecule has 2 aromatic rings. The Balaban J connectivity index is 2.41. The van der Waals surface area contributed by atoms with Crippen molar-refractivity contribution in [3.63, 3.8) is 0 Å². The minimum atomic E-state index is -4.55. The first kappa shape index (κ1) is 13.2.